The Hall–Kier alpha value is -2.01. The largest absolute Gasteiger partial charge is 0.371 e. The van der Waals surface area contributed by atoms with Gasteiger partial charge < -0.3 is 4.90 Å². The highest BCUT2D eigenvalue weighted by molar-refractivity contribution is 6.02. The molecular weight excluding hydrogens is 270 g/mol. The van der Waals surface area contributed by atoms with E-state index in [1.165, 1.54) is 37.8 Å². The Balaban J connectivity index is 1.90. The molecule has 2 aliphatic rings. The molecule has 0 atom stereocenters. The van der Waals surface area contributed by atoms with Crippen LogP contribution in [0.3, 0.4) is 0 Å². The van der Waals surface area contributed by atoms with E-state index in [4.69, 9.17) is 0 Å². The van der Waals surface area contributed by atoms with Crippen LogP contribution >= 0.6 is 0 Å². The van der Waals surface area contributed by atoms with Crippen LogP contribution in [0.15, 0.2) is 29.8 Å². The van der Waals surface area contributed by atoms with Gasteiger partial charge in [-0.1, -0.05) is 30.0 Å². The van der Waals surface area contributed by atoms with Crippen molar-refractivity contribution in [3.05, 3.63) is 35.4 Å². The van der Waals surface area contributed by atoms with E-state index in [0.717, 1.165) is 18.7 Å². The summed E-state index contributed by atoms with van der Waals surface area (Å²) < 4.78 is 0. The maximum absolute atomic E-state index is 11.9. The summed E-state index contributed by atoms with van der Waals surface area (Å²) in [5, 5.41) is 0. The number of piperidine rings is 1. The fourth-order valence-electron chi connectivity index (χ4n) is 2.82. The van der Waals surface area contributed by atoms with Gasteiger partial charge in [-0.25, -0.2) is 0 Å². The van der Waals surface area contributed by atoms with Gasteiger partial charge in [0.1, 0.15) is 0 Å². The number of nitrogens with zero attached hydrogens (tertiary/aromatic N) is 1. The summed E-state index contributed by atoms with van der Waals surface area (Å²) >= 11 is 0. The van der Waals surface area contributed by atoms with E-state index < -0.39 is 0 Å². The number of allylic oxidation sites excluding steroid dienone is 1. The van der Waals surface area contributed by atoms with Crippen molar-refractivity contribution in [1.82, 2.24) is 0 Å². The summed E-state index contributed by atoms with van der Waals surface area (Å²) in [5.74, 6) is 6.88. The van der Waals surface area contributed by atoms with Crippen LogP contribution in [0.4, 0.5) is 5.69 Å². The summed E-state index contributed by atoms with van der Waals surface area (Å²) in [6.07, 6.45) is 8.16. The molecule has 1 aromatic carbocycles. The molecule has 0 bridgehead atoms. The standard InChI is InChI=1S/C20H23NO/c1-16(22)18(12-11-17-9-10-17)15-19-7-3-4-8-20(19)21-13-5-2-6-14-21/h3-4,7-8,15,17H,2,5-6,9-10,13-14H2,1H3/b18-15+. The zero-order valence-corrected chi connectivity index (χ0v) is 13.3. The third-order valence-corrected chi connectivity index (χ3v) is 4.30. The van der Waals surface area contributed by atoms with Gasteiger partial charge in [0.2, 0.25) is 0 Å². The van der Waals surface area contributed by atoms with Gasteiger partial charge in [0.25, 0.3) is 0 Å². The van der Waals surface area contributed by atoms with Crippen LogP contribution in [0.1, 0.15) is 44.6 Å². The molecule has 0 spiro atoms. The zero-order chi connectivity index (χ0) is 15.4. The van der Waals surface area contributed by atoms with E-state index in [9.17, 15) is 4.79 Å². The molecule has 1 saturated heterocycles. The lowest BCUT2D eigenvalue weighted by Crippen LogP contribution is -2.29. The average Bonchev–Trinajstić information content (AvgIpc) is 3.36. The number of carbonyl (C=O) groups is 1. The number of ketones is 1. The predicted molar refractivity (Wildman–Crippen MR) is 91.7 cm³/mol. The van der Waals surface area contributed by atoms with Crippen LogP contribution in [0, 0.1) is 17.8 Å². The number of anilines is 1. The van der Waals surface area contributed by atoms with Gasteiger partial charge in [0.15, 0.2) is 5.78 Å². The van der Waals surface area contributed by atoms with Crippen molar-refractivity contribution >= 4 is 17.5 Å². The highest BCUT2D eigenvalue weighted by Gasteiger charge is 2.18. The molecule has 0 amide bonds. The Labute approximate surface area is 133 Å². The second kappa shape index (κ2) is 6.83. The fraction of sp³-hybridized carbons (Fsp3) is 0.450. The summed E-state index contributed by atoms with van der Waals surface area (Å²) in [7, 11) is 0. The fourth-order valence-corrected chi connectivity index (χ4v) is 2.82. The molecule has 0 aromatic heterocycles. The number of hydrogen-bond acceptors (Lipinski definition) is 2. The number of rotatable bonds is 3. The molecule has 0 N–H and O–H groups in total. The van der Waals surface area contributed by atoms with E-state index in [-0.39, 0.29) is 5.78 Å². The Morgan fingerprint density at radius 2 is 1.91 bits per heavy atom. The highest BCUT2D eigenvalue weighted by atomic mass is 16.1. The molecule has 0 radical (unpaired) electrons. The van der Waals surface area contributed by atoms with Crippen molar-refractivity contribution in [2.24, 2.45) is 5.92 Å². The quantitative estimate of drug-likeness (QED) is 0.618. The van der Waals surface area contributed by atoms with Crippen molar-refractivity contribution in [1.29, 1.82) is 0 Å². The maximum Gasteiger partial charge on any atom is 0.168 e. The number of benzene rings is 1. The minimum atomic E-state index is 0.0570. The minimum absolute atomic E-state index is 0.0570. The molecule has 1 aliphatic carbocycles. The van der Waals surface area contributed by atoms with Crippen molar-refractivity contribution in [2.45, 2.75) is 39.0 Å². The number of hydrogen-bond donors (Lipinski definition) is 0. The molecule has 0 unspecified atom stereocenters. The lowest BCUT2D eigenvalue weighted by atomic mass is 10.0. The van der Waals surface area contributed by atoms with Crippen LogP contribution < -0.4 is 4.90 Å². The van der Waals surface area contributed by atoms with Gasteiger partial charge in [-0.3, -0.25) is 4.79 Å². The van der Waals surface area contributed by atoms with E-state index in [1.54, 1.807) is 6.92 Å². The van der Waals surface area contributed by atoms with Crippen LogP contribution in [0.5, 0.6) is 0 Å². The lowest BCUT2D eigenvalue weighted by Gasteiger charge is -2.30. The third-order valence-electron chi connectivity index (χ3n) is 4.30. The first-order chi connectivity index (χ1) is 10.7. The normalized spacial score (nSPS) is 18.6. The molecule has 1 saturated carbocycles. The molecule has 22 heavy (non-hydrogen) atoms. The summed E-state index contributed by atoms with van der Waals surface area (Å²) in [4.78, 5) is 14.3. The molecule has 3 rings (SSSR count). The Bertz CT molecular complexity index is 637. The SMILES string of the molecule is CC(=O)/C(C#CC1CC1)=C/c1ccccc1N1CCCCC1. The highest BCUT2D eigenvalue weighted by Crippen LogP contribution is 2.28. The zero-order valence-electron chi connectivity index (χ0n) is 13.3. The van der Waals surface area contributed by atoms with Gasteiger partial charge in [-0.05, 0) is 56.7 Å². The first-order valence-electron chi connectivity index (χ1n) is 8.32. The first kappa shape index (κ1) is 14.9. The Kier molecular flexibility index (Phi) is 4.63. The molecule has 2 nitrogen and oxygen atoms in total. The van der Waals surface area contributed by atoms with Gasteiger partial charge in [-0.15, -0.1) is 0 Å². The van der Waals surface area contributed by atoms with E-state index in [0.29, 0.717) is 11.5 Å². The van der Waals surface area contributed by atoms with Crippen molar-refractivity contribution in [2.75, 3.05) is 18.0 Å². The smallest absolute Gasteiger partial charge is 0.168 e. The van der Waals surface area contributed by atoms with Gasteiger partial charge in [0.05, 0.1) is 5.57 Å². The minimum Gasteiger partial charge on any atom is -0.371 e. The molecule has 2 fully saturated rings. The number of Topliss-reactive ketones (excluding diaryl/α,β-unsaturated/α-hetero) is 1. The molecule has 1 heterocycles. The van der Waals surface area contributed by atoms with Crippen molar-refractivity contribution < 1.29 is 4.79 Å². The third kappa shape index (κ3) is 3.80. The average molecular weight is 293 g/mol. The van der Waals surface area contributed by atoms with Crippen LogP contribution in [0.25, 0.3) is 6.08 Å². The monoisotopic (exact) mass is 293 g/mol. The Morgan fingerprint density at radius 1 is 1.18 bits per heavy atom. The van der Waals surface area contributed by atoms with Crippen LogP contribution in [0.2, 0.25) is 0 Å². The van der Waals surface area contributed by atoms with Gasteiger partial charge >= 0.3 is 0 Å². The molecule has 1 aliphatic heterocycles. The summed E-state index contributed by atoms with van der Waals surface area (Å²) in [6, 6.07) is 8.35. The molecule has 114 valence electrons. The number of para-hydroxylation sites is 1. The maximum atomic E-state index is 11.9. The summed E-state index contributed by atoms with van der Waals surface area (Å²) in [5.41, 5.74) is 2.98. The van der Waals surface area contributed by atoms with Gasteiger partial charge in [0, 0.05) is 24.7 Å². The topological polar surface area (TPSA) is 20.3 Å². The van der Waals surface area contributed by atoms with Crippen molar-refractivity contribution in [3.8, 4) is 11.8 Å². The van der Waals surface area contributed by atoms with Crippen molar-refractivity contribution in [3.63, 3.8) is 0 Å². The lowest BCUT2D eigenvalue weighted by molar-refractivity contribution is -0.113. The first-order valence-corrected chi connectivity index (χ1v) is 8.32. The molecule has 1 aromatic rings. The Morgan fingerprint density at radius 3 is 2.59 bits per heavy atom. The van der Waals surface area contributed by atoms with Crippen LogP contribution in [-0.4, -0.2) is 18.9 Å². The number of carbonyl (C=O) groups excluding carboxylic acids is 1. The van der Waals surface area contributed by atoms with Gasteiger partial charge in [-0.2, -0.15) is 0 Å². The molecule has 2 heteroatoms. The second-order valence-electron chi connectivity index (χ2n) is 6.26. The second-order valence-corrected chi connectivity index (χ2v) is 6.26. The van der Waals surface area contributed by atoms with E-state index >= 15 is 0 Å². The molecular formula is C20H23NO. The van der Waals surface area contributed by atoms with Crippen LogP contribution in [-0.2, 0) is 4.79 Å². The predicted octanol–water partition coefficient (Wildman–Crippen LogP) is 4.06. The van der Waals surface area contributed by atoms with E-state index in [2.05, 4.69) is 34.9 Å². The summed E-state index contributed by atoms with van der Waals surface area (Å²) in [6.45, 7) is 3.82. The van der Waals surface area contributed by atoms with E-state index in [1.807, 2.05) is 12.1 Å².